The monoisotopic (exact) mass is 254 g/mol. The minimum Gasteiger partial charge on any atom is -0.396 e. The molecule has 1 aliphatic heterocycles. The highest BCUT2D eigenvalue weighted by atomic mass is 19.3. The Balaban J connectivity index is 2.11. The maximum Gasteiger partial charge on any atom is 0.281 e. The van der Waals surface area contributed by atoms with Crippen molar-refractivity contribution in [2.75, 3.05) is 27.3 Å². The third-order valence-corrected chi connectivity index (χ3v) is 3.23. The van der Waals surface area contributed by atoms with Crippen LogP contribution in [0.15, 0.2) is 0 Å². The third kappa shape index (κ3) is 2.30. The zero-order valence-electron chi connectivity index (χ0n) is 9.47. The van der Waals surface area contributed by atoms with Crippen molar-refractivity contribution >= 4 is 0 Å². The van der Waals surface area contributed by atoms with E-state index in [-0.39, 0.29) is 20.0 Å². The highest BCUT2D eigenvalue weighted by Crippen LogP contribution is 2.44. The molecule has 2 fully saturated rings. The molecule has 1 heterocycles. The van der Waals surface area contributed by atoms with Gasteiger partial charge in [-0.3, -0.25) is 0 Å². The van der Waals surface area contributed by atoms with E-state index in [9.17, 15) is 8.78 Å². The van der Waals surface area contributed by atoms with Crippen molar-refractivity contribution in [1.29, 1.82) is 0 Å². The third-order valence-electron chi connectivity index (χ3n) is 3.23. The molecular weight excluding hydrogens is 238 g/mol. The largest absolute Gasteiger partial charge is 0.396 e. The molecule has 2 rings (SSSR count). The Bertz CT molecular complexity index is 263. The van der Waals surface area contributed by atoms with E-state index in [4.69, 9.17) is 24.1 Å². The molecule has 0 aromatic rings. The summed E-state index contributed by atoms with van der Waals surface area (Å²) in [6, 6.07) is 0. The molecule has 2 aliphatic rings. The van der Waals surface area contributed by atoms with Gasteiger partial charge in [-0.05, 0) is 6.42 Å². The minimum atomic E-state index is -3.09. The number of aliphatic hydroxyl groups is 1. The smallest absolute Gasteiger partial charge is 0.281 e. The first-order valence-corrected chi connectivity index (χ1v) is 5.43. The lowest BCUT2D eigenvalue weighted by Crippen LogP contribution is -2.58. The van der Waals surface area contributed by atoms with Crippen LogP contribution in [0.5, 0.6) is 0 Å². The summed E-state index contributed by atoms with van der Waals surface area (Å²) >= 11 is 0. The number of aliphatic hydroxyl groups excluding tert-OH is 1. The fourth-order valence-corrected chi connectivity index (χ4v) is 2.32. The summed E-state index contributed by atoms with van der Waals surface area (Å²) in [4.78, 5) is 0. The molecular formula is C10H16F2O5. The molecule has 0 aromatic carbocycles. The molecule has 17 heavy (non-hydrogen) atoms. The molecule has 1 N–H and O–H groups in total. The van der Waals surface area contributed by atoms with Crippen molar-refractivity contribution < 1.29 is 32.8 Å². The maximum atomic E-state index is 13.9. The van der Waals surface area contributed by atoms with Gasteiger partial charge in [0.05, 0.1) is 18.6 Å². The second-order valence-corrected chi connectivity index (χ2v) is 4.24. The van der Waals surface area contributed by atoms with Gasteiger partial charge in [-0.15, -0.1) is 0 Å². The number of ether oxygens (including phenoxy) is 4. The zero-order valence-corrected chi connectivity index (χ0v) is 9.47. The Hall–Kier alpha value is -0.340. The predicted octanol–water partition coefficient (Wildman–Crippen LogP) is 0.364. The molecule has 1 aliphatic carbocycles. The van der Waals surface area contributed by atoms with Crippen molar-refractivity contribution in [2.24, 2.45) is 5.92 Å². The van der Waals surface area contributed by atoms with Gasteiger partial charge in [0.2, 0.25) is 0 Å². The Morgan fingerprint density at radius 1 is 1.41 bits per heavy atom. The number of hydrogen-bond acceptors (Lipinski definition) is 5. The molecule has 7 heteroatoms. The van der Waals surface area contributed by atoms with Crippen LogP contribution in [0.1, 0.15) is 6.42 Å². The molecule has 0 radical (unpaired) electrons. The molecule has 1 saturated carbocycles. The molecule has 0 spiro atoms. The van der Waals surface area contributed by atoms with E-state index in [1.807, 2.05) is 0 Å². The standard InChI is InChI=1S/C10H16F2O5/c1-14-4-15-7-2-6(3-13)10(11,12)9-8(7)16-5-17-9/h6-9,13H,2-5H2,1H3/t6-,7-,8+,9+/m1/s1. The van der Waals surface area contributed by atoms with Crippen LogP contribution in [0.2, 0.25) is 0 Å². The van der Waals surface area contributed by atoms with E-state index in [0.29, 0.717) is 0 Å². The van der Waals surface area contributed by atoms with E-state index >= 15 is 0 Å². The van der Waals surface area contributed by atoms with Crippen molar-refractivity contribution in [3.05, 3.63) is 0 Å². The van der Waals surface area contributed by atoms with Crippen LogP contribution in [0, 0.1) is 5.92 Å². The average Bonchev–Trinajstić information content (AvgIpc) is 2.78. The number of hydrogen-bond donors (Lipinski definition) is 1. The maximum absolute atomic E-state index is 13.9. The van der Waals surface area contributed by atoms with Gasteiger partial charge in [0.1, 0.15) is 19.7 Å². The van der Waals surface area contributed by atoms with Crippen molar-refractivity contribution in [3.8, 4) is 0 Å². The lowest BCUT2D eigenvalue weighted by atomic mass is 9.80. The lowest BCUT2D eigenvalue weighted by molar-refractivity contribution is -0.224. The number of methoxy groups -OCH3 is 1. The van der Waals surface area contributed by atoms with E-state index in [0.717, 1.165) is 0 Å². The highest BCUT2D eigenvalue weighted by Gasteiger charge is 2.60. The van der Waals surface area contributed by atoms with E-state index in [1.165, 1.54) is 7.11 Å². The second kappa shape index (κ2) is 5.11. The summed E-state index contributed by atoms with van der Waals surface area (Å²) in [6.45, 7) is -0.775. The Morgan fingerprint density at radius 3 is 2.82 bits per heavy atom. The predicted molar refractivity (Wildman–Crippen MR) is 51.5 cm³/mol. The summed E-state index contributed by atoms with van der Waals surface area (Å²) < 4.78 is 47.8. The first-order valence-electron chi connectivity index (χ1n) is 5.43. The fourth-order valence-electron chi connectivity index (χ4n) is 2.32. The number of fused-ring (bicyclic) bond motifs is 1. The van der Waals surface area contributed by atoms with Crippen LogP contribution < -0.4 is 0 Å². The van der Waals surface area contributed by atoms with E-state index in [2.05, 4.69) is 0 Å². The number of halogens is 2. The molecule has 0 amide bonds. The van der Waals surface area contributed by atoms with Crippen molar-refractivity contribution in [2.45, 2.75) is 30.7 Å². The van der Waals surface area contributed by atoms with Gasteiger partial charge in [-0.25, -0.2) is 8.78 Å². The van der Waals surface area contributed by atoms with Crippen molar-refractivity contribution in [1.82, 2.24) is 0 Å². The molecule has 5 nitrogen and oxygen atoms in total. The highest BCUT2D eigenvalue weighted by molar-refractivity contribution is 5.01. The number of alkyl halides is 2. The van der Waals surface area contributed by atoms with Gasteiger partial charge >= 0.3 is 0 Å². The Labute approximate surface area is 97.6 Å². The zero-order chi connectivity index (χ0) is 12.5. The van der Waals surface area contributed by atoms with E-state index in [1.54, 1.807) is 0 Å². The summed E-state index contributed by atoms with van der Waals surface area (Å²) in [6.07, 6.45) is -2.67. The molecule has 0 aromatic heterocycles. The van der Waals surface area contributed by atoms with Gasteiger partial charge in [0.15, 0.2) is 6.10 Å². The van der Waals surface area contributed by atoms with E-state index < -0.39 is 36.8 Å². The van der Waals surface area contributed by atoms with Gasteiger partial charge < -0.3 is 24.1 Å². The molecule has 100 valence electrons. The number of rotatable bonds is 4. The Morgan fingerprint density at radius 2 is 2.18 bits per heavy atom. The van der Waals surface area contributed by atoms with Crippen LogP contribution in [0.25, 0.3) is 0 Å². The van der Waals surface area contributed by atoms with Gasteiger partial charge in [-0.2, -0.15) is 0 Å². The van der Waals surface area contributed by atoms with Gasteiger partial charge in [-0.1, -0.05) is 0 Å². The summed E-state index contributed by atoms with van der Waals surface area (Å²) in [5.41, 5.74) is 0. The molecule has 0 unspecified atom stereocenters. The Kier molecular flexibility index (Phi) is 3.94. The van der Waals surface area contributed by atoms with Crippen LogP contribution in [0.3, 0.4) is 0 Å². The van der Waals surface area contributed by atoms with Crippen LogP contribution in [-0.4, -0.2) is 56.6 Å². The molecule has 4 atom stereocenters. The molecule has 0 bridgehead atoms. The van der Waals surface area contributed by atoms with Crippen LogP contribution >= 0.6 is 0 Å². The van der Waals surface area contributed by atoms with Gasteiger partial charge in [0, 0.05) is 7.11 Å². The van der Waals surface area contributed by atoms with Crippen LogP contribution in [-0.2, 0) is 18.9 Å². The fraction of sp³-hybridized carbons (Fsp3) is 1.00. The summed E-state index contributed by atoms with van der Waals surface area (Å²) in [7, 11) is 1.45. The van der Waals surface area contributed by atoms with Crippen molar-refractivity contribution in [3.63, 3.8) is 0 Å². The molecule has 1 saturated heterocycles. The van der Waals surface area contributed by atoms with Gasteiger partial charge in [0.25, 0.3) is 5.92 Å². The normalized spacial score (nSPS) is 40.2. The topological polar surface area (TPSA) is 57.2 Å². The second-order valence-electron chi connectivity index (χ2n) is 4.24. The lowest BCUT2D eigenvalue weighted by Gasteiger charge is -2.41. The first kappa shape index (κ1) is 13.1. The van der Waals surface area contributed by atoms with Crippen LogP contribution in [0.4, 0.5) is 8.78 Å². The minimum absolute atomic E-state index is 0.000959. The summed E-state index contributed by atoms with van der Waals surface area (Å²) in [5.74, 6) is -4.27. The SMILES string of the molecule is COCO[C@@H]1C[C@H](CO)C(F)(F)[C@H]2OCO[C@@H]12. The summed E-state index contributed by atoms with van der Waals surface area (Å²) in [5, 5.41) is 9.03. The quantitative estimate of drug-likeness (QED) is 0.734. The first-order chi connectivity index (χ1) is 8.11. The average molecular weight is 254 g/mol.